The van der Waals surface area contributed by atoms with Gasteiger partial charge in [-0.3, -0.25) is 9.52 Å². The summed E-state index contributed by atoms with van der Waals surface area (Å²) in [6.07, 6.45) is 4.87. The minimum atomic E-state index is -3.83. The van der Waals surface area contributed by atoms with Crippen LogP contribution in [-0.2, 0) is 15.0 Å². The van der Waals surface area contributed by atoms with E-state index in [9.17, 15) is 13.2 Å². The molecular weight excluding hydrogens is 230 g/mol. The highest BCUT2D eigenvalue weighted by atomic mass is 32.2. The van der Waals surface area contributed by atoms with Crippen molar-refractivity contribution in [1.29, 1.82) is 0 Å². The fraction of sp³-hybridized carbons (Fsp3) is 0. The van der Waals surface area contributed by atoms with E-state index in [0.29, 0.717) is 5.69 Å². The second-order valence-corrected chi connectivity index (χ2v) is 4.12. The second-order valence-electron chi connectivity index (χ2n) is 2.83. The standard InChI is InChI=1S/C9H9N3O3S/c1-2-9(13)11-7-4-3-5-8(6-7)12-16(10,14)15/h1,3-6,12H,(H,11,13)(H2,10,14,15). The van der Waals surface area contributed by atoms with E-state index in [4.69, 9.17) is 11.6 Å². The van der Waals surface area contributed by atoms with Gasteiger partial charge in [0.15, 0.2) is 0 Å². The topological polar surface area (TPSA) is 101 Å². The molecule has 0 aliphatic carbocycles. The summed E-state index contributed by atoms with van der Waals surface area (Å²) in [6, 6.07) is 5.97. The lowest BCUT2D eigenvalue weighted by Gasteiger charge is -2.05. The van der Waals surface area contributed by atoms with Gasteiger partial charge in [-0.15, -0.1) is 6.42 Å². The molecule has 0 aliphatic rings. The Morgan fingerprint density at radius 3 is 2.56 bits per heavy atom. The molecular formula is C9H9N3O3S. The number of carbonyl (C=O) groups is 1. The van der Waals surface area contributed by atoms with Gasteiger partial charge in [-0.05, 0) is 24.1 Å². The van der Waals surface area contributed by atoms with Crippen LogP contribution in [0.25, 0.3) is 0 Å². The SMILES string of the molecule is C#CC(=O)Nc1cccc(NS(N)(=O)=O)c1. The molecule has 0 atom stereocenters. The zero-order valence-electron chi connectivity index (χ0n) is 8.10. The largest absolute Gasteiger partial charge is 0.315 e. The fourth-order valence-corrected chi connectivity index (χ4v) is 1.45. The van der Waals surface area contributed by atoms with Crippen molar-refractivity contribution in [3.8, 4) is 12.3 Å². The van der Waals surface area contributed by atoms with E-state index in [2.05, 4.69) is 10.0 Å². The number of hydrogen-bond acceptors (Lipinski definition) is 3. The lowest BCUT2D eigenvalue weighted by Crippen LogP contribution is -2.21. The molecule has 0 aliphatic heterocycles. The molecule has 4 N–H and O–H groups in total. The first-order chi connectivity index (χ1) is 7.40. The summed E-state index contributed by atoms with van der Waals surface area (Å²) in [5.41, 5.74) is 0.605. The highest BCUT2D eigenvalue weighted by Gasteiger charge is 2.03. The first-order valence-corrected chi connectivity index (χ1v) is 5.63. The van der Waals surface area contributed by atoms with Gasteiger partial charge in [-0.25, -0.2) is 5.14 Å². The number of nitrogens with one attached hydrogen (secondary N) is 2. The predicted octanol–water partition coefficient (Wildman–Crippen LogP) is -0.126. The number of anilines is 2. The lowest BCUT2D eigenvalue weighted by molar-refractivity contribution is -0.111. The summed E-state index contributed by atoms with van der Waals surface area (Å²) in [7, 11) is -3.83. The van der Waals surface area contributed by atoms with Crippen LogP contribution in [0.1, 0.15) is 0 Å². The Kier molecular flexibility index (Phi) is 3.50. The van der Waals surface area contributed by atoms with Crippen LogP contribution < -0.4 is 15.2 Å². The van der Waals surface area contributed by atoms with Crippen LogP contribution in [0.4, 0.5) is 11.4 Å². The molecule has 84 valence electrons. The molecule has 0 saturated carbocycles. The minimum Gasteiger partial charge on any atom is -0.315 e. The first kappa shape index (κ1) is 12.0. The van der Waals surface area contributed by atoms with Gasteiger partial charge in [0.05, 0.1) is 5.69 Å². The van der Waals surface area contributed by atoms with Gasteiger partial charge in [0.2, 0.25) is 0 Å². The maximum absolute atomic E-state index is 10.9. The van der Waals surface area contributed by atoms with E-state index in [0.717, 1.165) is 0 Å². The Morgan fingerprint density at radius 1 is 1.38 bits per heavy atom. The van der Waals surface area contributed by atoms with Crippen LogP contribution in [-0.4, -0.2) is 14.3 Å². The van der Waals surface area contributed by atoms with E-state index in [-0.39, 0.29) is 5.69 Å². The number of rotatable bonds is 3. The third-order valence-corrected chi connectivity index (χ3v) is 2.03. The second kappa shape index (κ2) is 4.65. The minimum absolute atomic E-state index is 0.234. The van der Waals surface area contributed by atoms with Crippen molar-refractivity contribution < 1.29 is 13.2 Å². The Morgan fingerprint density at radius 2 is 2.00 bits per heavy atom. The third kappa shape index (κ3) is 4.00. The molecule has 1 rings (SSSR count). The number of amides is 1. The zero-order chi connectivity index (χ0) is 12.2. The smallest absolute Gasteiger partial charge is 0.300 e. The molecule has 1 aromatic rings. The Labute approximate surface area is 93.0 Å². The molecule has 0 saturated heterocycles. The molecule has 1 amide bonds. The molecule has 0 unspecified atom stereocenters. The van der Waals surface area contributed by atoms with E-state index in [1.54, 1.807) is 12.1 Å². The van der Waals surface area contributed by atoms with Gasteiger partial charge in [0.25, 0.3) is 16.1 Å². The van der Waals surface area contributed by atoms with Crippen molar-refractivity contribution in [2.24, 2.45) is 5.14 Å². The monoisotopic (exact) mass is 239 g/mol. The van der Waals surface area contributed by atoms with Gasteiger partial charge in [-0.2, -0.15) is 8.42 Å². The van der Waals surface area contributed by atoms with Gasteiger partial charge >= 0.3 is 0 Å². The summed E-state index contributed by atoms with van der Waals surface area (Å²) in [4.78, 5) is 10.9. The fourth-order valence-electron chi connectivity index (χ4n) is 0.992. The van der Waals surface area contributed by atoms with Crippen molar-refractivity contribution in [3.05, 3.63) is 24.3 Å². The van der Waals surface area contributed by atoms with Gasteiger partial charge in [-0.1, -0.05) is 6.07 Å². The zero-order valence-corrected chi connectivity index (χ0v) is 8.91. The Balaban J connectivity index is 2.88. The summed E-state index contributed by atoms with van der Waals surface area (Å²) in [5, 5.41) is 7.15. The summed E-state index contributed by atoms with van der Waals surface area (Å²) in [5.74, 6) is 1.25. The van der Waals surface area contributed by atoms with E-state index in [1.807, 2.05) is 5.92 Å². The maximum atomic E-state index is 10.9. The highest BCUT2D eigenvalue weighted by molar-refractivity contribution is 7.90. The summed E-state index contributed by atoms with van der Waals surface area (Å²) >= 11 is 0. The molecule has 0 bridgehead atoms. The summed E-state index contributed by atoms with van der Waals surface area (Å²) < 4.78 is 23.5. The Bertz CT molecular complexity index is 545. The first-order valence-electron chi connectivity index (χ1n) is 4.09. The highest BCUT2D eigenvalue weighted by Crippen LogP contribution is 2.15. The maximum Gasteiger partial charge on any atom is 0.300 e. The normalized spacial score (nSPS) is 10.2. The van der Waals surface area contributed by atoms with Crippen molar-refractivity contribution in [2.45, 2.75) is 0 Å². The molecule has 0 heterocycles. The number of benzene rings is 1. The third-order valence-electron chi connectivity index (χ3n) is 1.51. The summed E-state index contributed by atoms with van der Waals surface area (Å²) in [6.45, 7) is 0. The van der Waals surface area contributed by atoms with E-state index in [1.165, 1.54) is 12.1 Å². The van der Waals surface area contributed by atoms with Gasteiger partial charge < -0.3 is 5.32 Å². The van der Waals surface area contributed by atoms with Crippen LogP contribution in [0.2, 0.25) is 0 Å². The van der Waals surface area contributed by atoms with Gasteiger partial charge in [0, 0.05) is 5.69 Å². The van der Waals surface area contributed by atoms with Crippen molar-refractivity contribution >= 4 is 27.5 Å². The van der Waals surface area contributed by atoms with Crippen molar-refractivity contribution in [3.63, 3.8) is 0 Å². The van der Waals surface area contributed by atoms with Crippen molar-refractivity contribution in [2.75, 3.05) is 10.0 Å². The van der Waals surface area contributed by atoms with Crippen LogP contribution in [0.15, 0.2) is 24.3 Å². The van der Waals surface area contributed by atoms with Crippen LogP contribution in [0.3, 0.4) is 0 Å². The van der Waals surface area contributed by atoms with Crippen LogP contribution >= 0.6 is 0 Å². The Hall–Kier alpha value is -2.04. The average Bonchev–Trinajstić information content (AvgIpc) is 2.15. The van der Waals surface area contributed by atoms with E-state index >= 15 is 0 Å². The van der Waals surface area contributed by atoms with Gasteiger partial charge in [0.1, 0.15) is 0 Å². The quantitative estimate of drug-likeness (QED) is 0.640. The van der Waals surface area contributed by atoms with Crippen LogP contribution in [0.5, 0.6) is 0 Å². The van der Waals surface area contributed by atoms with E-state index < -0.39 is 16.1 Å². The molecule has 0 radical (unpaired) electrons. The molecule has 6 nitrogen and oxygen atoms in total. The average molecular weight is 239 g/mol. The molecule has 0 fully saturated rings. The molecule has 1 aromatic carbocycles. The number of terminal acetylenes is 1. The molecule has 16 heavy (non-hydrogen) atoms. The van der Waals surface area contributed by atoms with Crippen molar-refractivity contribution in [1.82, 2.24) is 0 Å². The van der Waals surface area contributed by atoms with Crippen LogP contribution in [0, 0.1) is 12.3 Å². The molecule has 0 spiro atoms. The number of carbonyl (C=O) groups excluding carboxylic acids is 1. The molecule has 0 aromatic heterocycles. The number of nitrogens with two attached hydrogens (primary N) is 1. The molecule has 7 heteroatoms. The predicted molar refractivity (Wildman–Crippen MR) is 60.6 cm³/mol. The number of hydrogen-bond donors (Lipinski definition) is 3. The lowest BCUT2D eigenvalue weighted by atomic mass is 10.3.